The summed E-state index contributed by atoms with van der Waals surface area (Å²) in [6.07, 6.45) is 16.0. The van der Waals surface area contributed by atoms with Crippen LogP contribution in [0.3, 0.4) is 0 Å². The monoisotopic (exact) mass is 829 g/mol. The summed E-state index contributed by atoms with van der Waals surface area (Å²) in [7, 11) is -6.36. The molecule has 314 valence electrons. The molecule has 55 heavy (non-hydrogen) atoms. The number of fused-ring (bicyclic) bond motifs is 1. The van der Waals surface area contributed by atoms with Gasteiger partial charge in [0, 0.05) is 6.42 Å². The normalized spacial score (nSPS) is 28.7. The number of hydrogen-bond donors (Lipinski definition) is 0. The Kier molecular flexibility index (Phi) is 14.7. The number of carbonyl (C=O) groups excluding carboxylic acids is 1. The second kappa shape index (κ2) is 17.2. The minimum atomic E-state index is -2.13. The van der Waals surface area contributed by atoms with Gasteiger partial charge in [-0.15, -0.1) is 11.3 Å². The van der Waals surface area contributed by atoms with E-state index in [9.17, 15) is 4.79 Å². The van der Waals surface area contributed by atoms with Gasteiger partial charge in [-0.25, -0.2) is 0 Å². The summed E-state index contributed by atoms with van der Waals surface area (Å²) < 4.78 is 22.4. The highest BCUT2D eigenvalue weighted by Crippen LogP contribution is 2.60. The number of thiophene rings is 1. The van der Waals surface area contributed by atoms with Crippen LogP contribution in [0.2, 0.25) is 54.4 Å². The predicted molar refractivity (Wildman–Crippen MR) is 246 cm³/mol. The molecule has 0 bridgehead atoms. The van der Waals surface area contributed by atoms with Crippen molar-refractivity contribution < 1.29 is 18.1 Å². The smallest absolute Gasteiger partial charge is 0.192 e. The average Bonchev–Trinajstić information content (AvgIpc) is 3.62. The van der Waals surface area contributed by atoms with E-state index >= 15 is 0 Å². The average molecular weight is 830 g/mol. The zero-order chi connectivity index (χ0) is 41.6. The quantitative estimate of drug-likeness (QED) is 0.147. The number of ketones is 1. The van der Waals surface area contributed by atoms with Crippen molar-refractivity contribution in [2.75, 3.05) is 0 Å². The van der Waals surface area contributed by atoms with E-state index in [1.54, 1.807) is 16.9 Å². The maximum absolute atomic E-state index is 12.9. The van der Waals surface area contributed by atoms with Gasteiger partial charge in [0.25, 0.3) is 0 Å². The molecule has 8 heteroatoms. The van der Waals surface area contributed by atoms with Crippen molar-refractivity contribution in [3.63, 3.8) is 0 Å². The van der Waals surface area contributed by atoms with Crippen LogP contribution in [0.1, 0.15) is 156 Å². The number of carbonyl (C=O) groups is 1. The third-order valence-corrected chi connectivity index (χ3v) is 30.3. The van der Waals surface area contributed by atoms with Gasteiger partial charge < -0.3 is 13.3 Å². The summed E-state index contributed by atoms with van der Waals surface area (Å²) in [5.41, 5.74) is 4.68. The van der Waals surface area contributed by atoms with Crippen LogP contribution in [0.25, 0.3) is 0 Å². The summed E-state index contributed by atoms with van der Waals surface area (Å²) in [5.74, 6) is 2.34. The van der Waals surface area contributed by atoms with Crippen LogP contribution >= 0.6 is 11.3 Å². The Morgan fingerprint density at radius 1 is 0.855 bits per heavy atom. The molecule has 3 fully saturated rings. The van der Waals surface area contributed by atoms with E-state index < -0.39 is 25.0 Å². The lowest BCUT2D eigenvalue weighted by Crippen LogP contribution is -2.59. The first kappa shape index (κ1) is 47.1. The molecule has 0 unspecified atom stereocenters. The molecule has 0 aliphatic heterocycles. The molecule has 3 aliphatic rings. The maximum Gasteiger partial charge on any atom is 0.192 e. The van der Waals surface area contributed by atoms with Crippen molar-refractivity contribution in [2.24, 2.45) is 23.2 Å². The summed E-state index contributed by atoms with van der Waals surface area (Å²) in [5, 5.41) is 2.41. The lowest BCUT2D eigenvalue weighted by molar-refractivity contribution is -0.0527. The Morgan fingerprint density at radius 3 is 1.87 bits per heavy atom. The van der Waals surface area contributed by atoms with Gasteiger partial charge in [0.05, 0.1) is 23.2 Å². The van der Waals surface area contributed by atoms with Crippen molar-refractivity contribution in [2.45, 2.75) is 220 Å². The Balaban J connectivity index is 1.62. The molecule has 0 amide bonds. The number of rotatable bonds is 13. The van der Waals surface area contributed by atoms with Crippen LogP contribution in [-0.4, -0.2) is 49.0 Å². The van der Waals surface area contributed by atoms with Crippen molar-refractivity contribution in [1.29, 1.82) is 0 Å². The van der Waals surface area contributed by atoms with Crippen molar-refractivity contribution in [1.82, 2.24) is 0 Å². The molecular weight excluding hydrogens is 745 g/mol. The fourth-order valence-electron chi connectivity index (χ4n) is 9.13. The molecule has 0 radical (unpaired) electrons. The molecule has 0 N–H and O–H groups in total. The van der Waals surface area contributed by atoms with Crippen LogP contribution in [0, 0.1) is 30.1 Å². The number of Topliss-reactive ketones (excluding diaryl/α,β-unsaturated/α-hetero) is 1. The van der Waals surface area contributed by atoms with E-state index in [0.717, 1.165) is 36.5 Å². The molecule has 1 heterocycles. The summed E-state index contributed by atoms with van der Waals surface area (Å²) in [4.78, 5) is 13.8. The highest BCUT2D eigenvalue weighted by Gasteiger charge is 2.52. The zero-order valence-corrected chi connectivity index (χ0v) is 42.7. The molecule has 1 aromatic rings. The summed E-state index contributed by atoms with van der Waals surface area (Å²) in [6, 6.07) is 2.06. The molecule has 4 nitrogen and oxygen atoms in total. The predicted octanol–water partition coefficient (Wildman–Crippen LogP) is 15.1. The molecular formula is C47H84O4SSi3. The number of aryl methyl sites for hydroxylation is 1. The van der Waals surface area contributed by atoms with Crippen molar-refractivity contribution in [3.8, 4) is 0 Å². The Hall–Kier alpha value is -0.619. The molecule has 3 saturated carbocycles. The van der Waals surface area contributed by atoms with E-state index in [0.29, 0.717) is 29.5 Å². The molecule has 0 saturated heterocycles. The van der Waals surface area contributed by atoms with Crippen LogP contribution < -0.4 is 0 Å². The second-order valence-corrected chi connectivity index (χ2v) is 38.2. The van der Waals surface area contributed by atoms with E-state index in [1.807, 2.05) is 0 Å². The Labute approximate surface area is 346 Å². The summed E-state index contributed by atoms with van der Waals surface area (Å²) in [6.45, 7) is 42.8. The minimum Gasteiger partial charge on any atom is -0.411 e. The first-order chi connectivity index (χ1) is 25.0. The minimum absolute atomic E-state index is 0.0211. The lowest BCUT2D eigenvalue weighted by Gasteiger charge is -2.51. The van der Waals surface area contributed by atoms with Crippen molar-refractivity contribution >= 4 is 42.1 Å². The van der Waals surface area contributed by atoms with Crippen LogP contribution in [0.15, 0.2) is 34.7 Å². The van der Waals surface area contributed by atoms with Crippen molar-refractivity contribution in [3.05, 3.63) is 45.2 Å². The van der Waals surface area contributed by atoms with Gasteiger partial charge in [-0.2, -0.15) is 0 Å². The van der Waals surface area contributed by atoms with Crippen LogP contribution in [0.4, 0.5) is 0 Å². The molecule has 6 atom stereocenters. The number of allylic oxidation sites excluding steroid dienone is 3. The Morgan fingerprint density at radius 2 is 1.38 bits per heavy atom. The molecule has 4 rings (SSSR count). The topological polar surface area (TPSA) is 44.8 Å². The standard InChI is InChI=1S/C47H84O4SSi3/c1-33-29-42(52-32-33)39(48)23-19-21-34(2)37-26-27-38-36(22-20-28-47(37,38)12)25-24-35-30-40(49-53(13,14)44(3,4)5)43(51-55(17,18)46(9,10)11)41(31-35)50-54(15,16)45(6,7)8/h24-25,29,32,34,37-38,40-41,43H,19-23,26-28,30-31H2,1-18H3/b35-24?,36-25+/t34-,37-,38+,40-,41-,43?,47-/m1/s1. The van der Waals surface area contributed by atoms with Gasteiger partial charge in [0.2, 0.25) is 0 Å². The van der Waals surface area contributed by atoms with Crippen LogP contribution in [-0.2, 0) is 13.3 Å². The fourth-order valence-corrected chi connectivity index (χ4v) is 14.0. The second-order valence-electron chi connectivity index (χ2n) is 23.0. The first-order valence-corrected chi connectivity index (χ1v) is 31.6. The largest absolute Gasteiger partial charge is 0.411 e. The Bertz CT molecular complexity index is 1490. The van der Waals surface area contributed by atoms with Gasteiger partial charge in [-0.3, -0.25) is 4.79 Å². The SMILES string of the molecule is Cc1csc(C(=O)CCC[C@@H](C)[C@H]2CC[C@H]3/C(=C/C=C4C[C@@H](O[Si](C)(C)C(C)(C)C)C(O[Si](C)(C)C(C)(C)C)[C@H](O[Si](C)(C)C(C)(C)C)C4)CCC[C@]23C)c1. The first-order valence-electron chi connectivity index (χ1n) is 22.0. The van der Waals surface area contributed by atoms with Gasteiger partial charge in [-0.1, -0.05) is 99.5 Å². The van der Waals surface area contributed by atoms with Gasteiger partial charge >= 0.3 is 0 Å². The lowest BCUT2D eigenvalue weighted by atomic mass is 9.60. The summed E-state index contributed by atoms with van der Waals surface area (Å²) >= 11 is 1.60. The van der Waals surface area contributed by atoms with Gasteiger partial charge in [0.15, 0.2) is 30.7 Å². The highest BCUT2D eigenvalue weighted by molar-refractivity contribution is 7.12. The number of hydrogen-bond acceptors (Lipinski definition) is 5. The molecule has 0 aromatic carbocycles. The van der Waals surface area contributed by atoms with E-state index in [1.165, 1.54) is 43.2 Å². The molecule has 0 spiro atoms. The van der Waals surface area contributed by atoms with Crippen LogP contribution in [0.5, 0.6) is 0 Å². The highest BCUT2D eigenvalue weighted by atomic mass is 32.1. The third-order valence-electron chi connectivity index (χ3n) is 15.7. The zero-order valence-electron chi connectivity index (χ0n) is 38.9. The van der Waals surface area contributed by atoms with E-state index in [4.69, 9.17) is 13.3 Å². The third kappa shape index (κ3) is 11.0. The van der Waals surface area contributed by atoms with E-state index in [2.05, 4.69) is 146 Å². The molecule has 1 aromatic heterocycles. The molecule has 3 aliphatic carbocycles. The van der Waals surface area contributed by atoms with Gasteiger partial charge in [0.1, 0.15) is 0 Å². The van der Waals surface area contributed by atoms with Gasteiger partial charge in [-0.05, 0) is 159 Å². The maximum atomic E-state index is 12.9. The van der Waals surface area contributed by atoms with E-state index in [-0.39, 0.29) is 33.4 Å². The fraction of sp³-hybridized carbons (Fsp3) is 0.809.